The lowest BCUT2D eigenvalue weighted by Gasteiger charge is -2.45. The van der Waals surface area contributed by atoms with Crippen LogP contribution >= 0.6 is 11.3 Å². The van der Waals surface area contributed by atoms with E-state index in [1.807, 2.05) is 17.5 Å². The number of nitrogens with zero attached hydrogens (tertiary/aromatic N) is 2. The number of nitrogens with one attached hydrogen (secondary N) is 1. The number of carbonyl (C=O) groups excluding carboxylic acids is 3. The van der Waals surface area contributed by atoms with Crippen molar-refractivity contribution >= 4 is 29.1 Å². The van der Waals surface area contributed by atoms with Crippen LogP contribution in [-0.2, 0) is 20.8 Å². The summed E-state index contributed by atoms with van der Waals surface area (Å²) in [7, 11) is 0. The molecule has 1 aromatic rings. The van der Waals surface area contributed by atoms with E-state index >= 15 is 0 Å². The summed E-state index contributed by atoms with van der Waals surface area (Å²) in [5.74, 6) is -0.270. The van der Waals surface area contributed by atoms with Gasteiger partial charge in [0.1, 0.15) is 12.1 Å². The highest BCUT2D eigenvalue weighted by Gasteiger charge is 2.43. The third kappa shape index (κ3) is 2.65. The normalized spacial score (nSPS) is 25.6. The predicted octanol–water partition coefficient (Wildman–Crippen LogP) is -0.152. The molecule has 21 heavy (non-hydrogen) atoms. The molecule has 2 atom stereocenters. The first kappa shape index (κ1) is 14.1. The quantitative estimate of drug-likeness (QED) is 0.826. The summed E-state index contributed by atoms with van der Waals surface area (Å²) >= 11 is 1.58. The van der Waals surface area contributed by atoms with E-state index in [0.717, 1.165) is 4.88 Å². The van der Waals surface area contributed by atoms with Gasteiger partial charge in [-0.15, -0.1) is 11.3 Å². The molecule has 0 radical (unpaired) electrons. The van der Waals surface area contributed by atoms with Gasteiger partial charge in [-0.2, -0.15) is 0 Å². The smallest absolute Gasteiger partial charge is 0.246 e. The molecule has 2 unspecified atom stereocenters. The molecule has 3 heterocycles. The number of fused-ring (bicyclic) bond motifs is 1. The molecule has 3 amide bonds. The van der Waals surface area contributed by atoms with Crippen LogP contribution in [-0.4, -0.2) is 59.2 Å². The maximum atomic E-state index is 12.5. The van der Waals surface area contributed by atoms with Crippen molar-refractivity contribution in [1.82, 2.24) is 15.1 Å². The highest BCUT2D eigenvalue weighted by molar-refractivity contribution is 7.09. The predicted molar refractivity (Wildman–Crippen MR) is 77.7 cm³/mol. The molecule has 2 fully saturated rings. The first-order valence-electron chi connectivity index (χ1n) is 6.95. The van der Waals surface area contributed by atoms with Gasteiger partial charge in [-0.05, 0) is 11.4 Å². The van der Waals surface area contributed by atoms with Gasteiger partial charge in [-0.1, -0.05) is 6.07 Å². The number of piperazine rings is 2. The molecule has 0 aromatic carbocycles. The van der Waals surface area contributed by atoms with Gasteiger partial charge in [0.25, 0.3) is 0 Å². The molecule has 6 nitrogen and oxygen atoms in total. The third-order valence-corrected chi connectivity index (χ3v) is 4.91. The van der Waals surface area contributed by atoms with E-state index < -0.39 is 12.1 Å². The van der Waals surface area contributed by atoms with Crippen LogP contribution < -0.4 is 5.32 Å². The second-order valence-corrected chi connectivity index (χ2v) is 6.39. The number of thiophene rings is 1. The Labute approximate surface area is 126 Å². The minimum atomic E-state index is -0.547. The highest BCUT2D eigenvalue weighted by atomic mass is 32.1. The maximum Gasteiger partial charge on any atom is 0.246 e. The van der Waals surface area contributed by atoms with E-state index in [-0.39, 0.29) is 17.7 Å². The highest BCUT2D eigenvalue weighted by Crippen LogP contribution is 2.20. The Balaban J connectivity index is 1.73. The Bertz CT molecular complexity index is 572. The topological polar surface area (TPSA) is 69.7 Å². The molecular weight excluding hydrogens is 290 g/mol. The molecule has 0 aliphatic carbocycles. The second-order valence-electron chi connectivity index (χ2n) is 5.36. The summed E-state index contributed by atoms with van der Waals surface area (Å²) in [5, 5.41) is 4.76. The third-order valence-electron chi connectivity index (χ3n) is 4.01. The van der Waals surface area contributed by atoms with Crippen molar-refractivity contribution in [3.63, 3.8) is 0 Å². The Hall–Kier alpha value is -1.89. The average molecular weight is 307 g/mol. The SMILES string of the molecule is CC(=O)N1CCN2C(=O)C(Cc3cccs3)NC(=O)C2C1. The van der Waals surface area contributed by atoms with Crippen molar-refractivity contribution in [3.8, 4) is 0 Å². The Morgan fingerprint density at radius 3 is 2.90 bits per heavy atom. The van der Waals surface area contributed by atoms with Crippen LogP contribution in [0.15, 0.2) is 17.5 Å². The van der Waals surface area contributed by atoms with Crippen LogP contribution in [0.2, 0.25) is 0 Å². The van der Waals surface area contributed by atoms with Gasteiger partial charge < -0.3 is 15.1 Å². The fourth-order valence-electron chi connectivity index (χ4n) is 2.86. The molecule has 3 rings (SSSR count). The van der Waals surface area contributed by atoms with Crippen molar-refractivity contribution in [1.29, 1.82) is 0 Å². The Kier molecular flexibility index (Phi) is 3.67. The Morgan fingerprint density at radius 1 is 1.43 bits per heavy atom. The first-order valence-corrected chi connectivity index (χ1v) is 7.83. The van der Waals surface area contributed by atoms with E-state index in [1.165, 1.54) is 6.92 Å². The lowest BCUT2D eigenvalue weighted by atomic mass is 10.0. The van der Waals surface area contributed by atoms with Gasteiger partial charge in [0.15, 0.2) is 0 Å². The van der Waals surface area contributed by atoms with Crippen LogP contribution in [0.3, 0.4) is 0 Å². The van der Waals surface area contributed by atoms with Crippen molar-refractivity contribution in [3.05, 3.63) is 22.4 Å². The van der Waals surface area contributed by atoms with E-state index in [0.29, 0.717) is 26.1 Å². The fraction of sp³-hybridized carbons (Fsp3) is 0.500. The standard InChI is InChI=1S/C14H17N3O3S/c1-9(18)16-4-5-17-12(8-16)13(19)15-11(14(17)20)7-10-3-2-6-21-10/h2-3,6,11-12H,4-5,7-8H2,1H3,(H,15,19). The summed E-state index contributed by atoms with van der Waals surface area (Å²) in [4.78, 5) is 40.5. The van der Waals surface area contributed by atoms with Crippen LogP contribution in [0.1, 0.15) is 11.8 Å². The number of hydrogen-bond donors (Lipinski definition) is 1. The van der Waals surface area contributed by atoms with Crippen molar-refractivity contribution < 1.29 is 14.4 Å². The summed E-state index contributed by atoms with van der Waals surface area (Å²) in [6.07, 6.45) is 0.530. The number of hydrogen-bond acceptors (Lipinski definition) is 4. The van der Waals surface area contributed by atoms with Crippen molar-refractivity contribution in [2.75, 3.05) is 19.6 Å². The largest absolute Gasteiger partial charge is 0.342 e. The van der Waals surface area contributed by atoms with E-state index in [1.54, 1.807) is 21.1 Å². The van der Waals surface area contributed by atoms with Crippen LogP contribution in [0.4, 0.5) is 0 Å². The van der Waals surface area contributed by atoms with E-state index in [4.69, 9.17) is 0 Å². The monoisotopic (exact) mass is 307 g/mol. The minimum absolute atomic E-state index is 0.0452. The van der Waals surface area contributed by atoms with E-state index in [2.05, 4.69) is 5.32 Å². The maximum absolute atomic E-state index is 12.5. The van der Waals surface area contributed by atoms with Gasteiger partial charge in [0, 0.05) is 31.3 Å². The molecule has 2 aliphatic heterocycles. The van der Waals surface area contributed by atoms with Gasteiger partial charge in [0.2, 0.25) is 17.7 Å². The van der Waals surface area contributed by atoms with Gasteiger partial charge in [-0.3, -0.25) is 14.4 Å². The van der Waals surface area contributed by atoms with Crippen LogP contribution in [0.5, 0.6) is 0 Å². The minimum Gasteiger partial charge on any atom is -0.342 e. The number of carbonyl (C=O) groups is 3. The summed E-state index contributed by atoms with van der Waals surface area (Å²) in [6.45, 7) is 2.70. The van der Waals surface area contributed by atoms with Gasteiger partial charge in [-0.25, -0.2) is 0 Å². The molecule has 0 bridgehead atoms. The zero-order valence-corrected chi connectivity index (χ0v) is 12.6. The number of rotatable bonds is 2. The molecule has 2 saturated heterocycles. The Morgan fingerprint density at radius 2 is 2.24 bits per heavy atom. The molecule has 1 aromatic heterocycles. The van der Waals surface area contributed by atoms with Crippen molar-refractivity contribution in [2.24, 2.45) is 0 Å². The number of amides is 3. The molecule has 7 heteroatoms. The van der Waals surface area contributed by atoms with E-state index in [9.17, 15) is 14.4 Å². The van der Waals surface area contributed by atoms with Crippen LogP contribution in [0.25, 0.3) is 0 Å². The molecule has 112 valence electrons. The summed E-state index contributed by atoms with van der Waals surface area (Å²) in [5.41, 5.74) is 0. The zero-order valence-electron chi connectivity index (χ0n) is 11.7. The molecule has 1 N–H and O–H groups in total. The first-order chi connectivity index (χ1) is 10.1. The zero-order chi connectivity index (χ0) is 15.0. The summed E-state index contributed by atoms with van der Waals surface area (Å²) in [6, 6.07) is 2.86. The second kappa shape index (κ2) is 5.48. The molecule has 0 spiro atoms. The fourth-order valence-corrected chi connectivity index (χ4v) is 3.61. The summed E-state index contributed by atoms with van der Waals surface area (Å²) < 4.78 is 0. The average Bonchev–Trinajstić information content (AvgIpc) is 2.97. The van der Waals surface area contributed by atoms with Crippen molar-refractivity contribution in [2.45, 2.75) is 25.4 Å². The van der Waals surface area contributed by atoms with Gasteiger partial charge >= 0.3 is 0 Å². The van der Waals surface area contributed by atoms with Crippen LogP contribution in [0, 0.1) is 0 Å². The molecular formula is C14H17N3O3S. The molecule has 0 saturated carbocycles. The lowest BCUT2D eigenvalue weighted by Crippen LogP contribution is -2.69. The molecule has 2 aliphatic rings. The van der Waals surface area contributed by atoms with Gasteiger partial charge in [0.05, 0.1) is 6.54 Å². The lowest BCUT2D eigenvalue weighted by molar-refractivity contribution is -0.155.